The smallest absolute Gasteiger partial charge is 0.335 e. The van der Waals surface area contributed by atoms with E-state index >= 15 is 0 Å². The van der Waals surface area contributed by atoms with Gasteiger partial charge in [0.1, 0.15) is 16.5 Å². The molecule has 2 heterocycles. The van der Waals surface area contributed by atoms with Crippen molar-refractivity contribution in [3.63, 3.8) is 0 Å². The Kier molecular flexibility index (Phi) is 8.04. The zero-order valence-electron chi connectivity index (χ0n) is 17.8. The highest BCUT2D eigenvalue weighted by Crippen LogP contribution is 2.28. The first kappa shape index (κ1) is 23.1. The number of carbonyl (C=O) groups excluding carboxylic acids is 1. The molecule has 5 N–H and O–H groups in total. The molecule has 0 atom stereocenters. The number of nitrogens with one attached hydrogen (secondary N) is 2. The molecular weight excluding hydrogens is 428 g/mol. The van der Waals surface area contributed by atoms with Crippen LogP contribution in [-0.2, 0) is 0 Å². The van der Waals surface area contributed by atoms with Crippen LogP contribution in [0, 0.1) is 0 Å². The van der Waals surface area contributed by atoms with Gasteiger partial charge in [0.15, 0.2) is 0 Å². The third-order valence-corrected chi connectivity index (χ3v) is 5.54. The van der Waals surface area contributed by atoms with E-state index in [2.05, 4.69) is 15.6 Å². The van der Waals surface area contributed by atoms with Gasteiger partial charge in [0, 0.05) is 17.5 Å². The maximum Gasteiger partial charge on any atom is 0.335 e. The number of carboxylic acids is 1. The van der Waals surface area contributed by atoms with Crippen LogP contribution >= 0.6 is 11.3 Å². The summed E-state index contributed by atoms with van der Waals surface area (Å²) >= 11 is 1.32. The van der Waals surface area contributed by atoms with E-state index in [1.165, 1.54) is 23.5 Å². The normalized spacial score (nSPS) is 18.6. The van der Waals surface area contributed by atoms with Crippen molar-refractivity contribution in [3.05, 3.63) is 70.0 Å². The Hall–Kier alpha value is -3.59. The largest absolute Gasteiger partial charge is 0.491 e. The van der Waals surface area contributed by atoms with Gasteiger partial charge in [-0.1, -0.05) is 18.2 Å². The maximum absolute atomic E-state index is 12.9. The van der Waals surface area contributed by atoms with Gasteiger partial charge in [-0.15, -0.1) is 11.3 Å². The van der Waals surface area contributed by atoms with Gasteiger partial charge in [0.2, 0.25) is 0 Å². The minimum absolute atomic E-state index is 0.0563. The molecular formula is C23H26N4O4S. The van der Waals surface area contributed by atoms with Crippen LogP contribution in [0.3, 0.4) is 0 Å². The summed E-state index contributed by atoms with van der Waals surface area (Å²) in [7, 11) is 0. The molecule has 2 aromatic rings. The van der Waals surface area contributed by atoms with E-state index in [9.17, 15) is 14.7 Å². The zero-order valence-corrected chi connectivity index (χ0v) is 18.6. The fraction of sp³-hybridized carbons (Fsp3) is 0.261. The lowest BCUT2D eigenvalue weighted by atomic mass is 10.2. The van der Waals surface area contributed by atoms with Crippen LogP contribution in [0.2, 0.25) is 0 Å². The molecule has 1 aliphatic rings. The molecule has 0 radical (unpaired) electrons. The summed E-state index contributed by atoms with van der Waals surface area (Å²) in [5, 5.41) is 17.5. The van der Waals surface area contributed by atoms with Crippen LogP contribution in [0.15, 0.2) is 53.7 Å². The van der Waals surface area contributed by atoms with Crippen molar-refractivity contribution >= 4 is 34.5 Å². The topological polar surface area (TPSA) is 127 Å². The second-order valence-corrected chi connectivity index (χ2v) is 7.95. The van der Waals surface area contributed by atoms with Crippen molar-refractivity contribution in [2.45, 2.75) is 26.2 Å². The highest BCUT2D eigenvalue weighted by molar-refractivity contribution is 7.11. The number of hydrogen-bond acceptors (Lipinski definition) is 7. The van der Waals surface area contributed by atoms with E-state index in [-0.39, 0.29) is 11.3 Å². The minimum Gasteiger partial charge on any atom is -0.491 e. The van der Waals surface area contributed by atoms with Crippen molar-refractivity contribution in [2.24, 2.45) is 5.73 Å². The number of nitrogens with two attached hydrogens (primary N) is 1. The fourth-order valence-corrected chi connectivity index (χ4v) is 3.80. The summed E-state index contributed by atoms with van der Waals surface area (Å²) in [6, 6.07) is 4.40. The summed E-state index contributed by atoms with van der Waals surface area (Å²) in [5.74, 6) is -0.598. The molecule has 32 heavy (non-hydrogen) atoms. The number of ether oxygens (including phenoxy) is 1. The lowest BCUT2D eigenvalue weighted by Crippen LogP contribution is -2.21. The molecule has 168 valence electrons. The van der Waals surface area contributed by atoms with Crippen LogP contribution in [0.1, 0.15) is 52.0 Å². The highest BCUT2D eigenvalue weighted by atomic mass is 32.1. The quantitative estimate of drug-likeness (QED) is 0.540. The highest BCUT2D eigenvalue weighted by Gasteiger charge is 2.17. The molecule has 8 nitrogen and oxygen atoms in total. The fourth-order valence-electron chi connectivity index (χ4n) is 3.00. The monoisotopic (exact) mass is 454 g/mol. The summed E-state index contributed by atoms with van der Waals surface area (Å²) < 4.78 is 5.82. The number of allylic oxidation sites excluding steroid dienone is 5. The number of anilines is 1. The number of thiazole rings is 1. The average Bonchev–Trinajstić information content (AvgIpc) is 3.26. The first-order valence-electron chi connectivity index (χ1n) is 10.3. The average molecular weight is 455 g/mol. The predicted octanol–water partition coefficient (Wildman–Crippen LogP) is 4.01. The Labute approximate surface area is 190 Å². The van der Waals surface area contributed by atoms with Gasteiger partial charge >= 0.3 is 5.97 Å². The van der Waals surface area contributed by atoms with Crippen molar-refractivity contribution < 1.29 is 19.4 Å². The first-order chi connectivity index (χ1) is 15.5. The van der Waals surface area contributed by atoms with Crippen LogP contribution in [-0.4, -0.2) is 35.1 Å². The number of hydrogen-bond donors (Lipinski definition) is 4. The molecule has 0 spiro atoms. The van der Waals surface area contributed by atoms with Gasteiger partial charge in [0.25, 0.3) is 5.91 Å². The molecule has 2 bridgehead atoms. The molecule has 3 rings (SSSR count). The van der Waals surface area contributed by atoms with Gasteiger partial charge < -0.3 is 26.2 Å². The molecule has 9 heteroatoms. The summed E-state index contributed by atoms with van der Waals surface area (Å²) in [6.45, 7) is 3.07. The van der Waals surface area contributed by atoms with E-state index in [0.29, 0.717) is 28.9 Å². The molecule has 1 aliphatic heterocycles. The number of amides is 1. The molecule has 0 saturated heterocycles. The zero-order chi connectivity index (χ0) is 22.9. The Morgan fingerprint density at radius 3 is 2.94 bits per heavy atom. The van der Waals surface area contributed by atoms with E-state index in [0.717, 1.165) is 31.4 Å². The first-order valence-corrected chi connectivity index (χ1v) is 11.2. The summed E-state index contributed by atoms with van der Waals surface area (Å²) in [4.78, 5) is 28.7. The second kappa shape index (κ2) is 11.1. The molecule has 0 unspecified atom stereocenters. The Morgan fingerprint density at radius 1 is 1.31 bits per heavy atom. The third kappa shape index (κ3) is 6.21. The number of aromatic carboxylic acids is 1. The number of carbonyl (C=O) groups is 2. The standard InChI is InChI=1S/C23H26N4O4S/c1-2-3-7-15-13-20(24)25-10-5-4-6-11-31-19-9-8-16(23(29)30)12-17(19)26-21(28)18-14-32-22(15)27-18/h2-3,7-9,12-14,25H,4-6,10-11,24H2,1H3,(H,26,28)(H,29,30)/b3-2+,15-7+,20-13+. The minimum atomic E-state index is -1.09. The third-order valence-electron chi connectivity index (χ3n) is 4.65. The lowest BCUT2D eigenvalue weighted by molar-refractivity contribution is 0.0696. The number of rotatable bonds is 2. The lowest BCUT2D eigenvalue weighted by Gasteiger charge is -2.13. The van der Waals surface area contributed by atoms with Gasteiger partial charge in [-0.05, 0) is 50.5 Å². The second-order valence-electron chi connectivity index (χ2n) is 7.09. The summed E-state index contributed by atoms with van der Waals surface area (Å²) in [5.41, 5.74) is 7.48. The van der Waals surface area contributed by atoms with Crippen LogP contribution in [0.25, 0.3) is 5.57 Å². The van der Waals surface area contributed by atoms with Crippen LogP contribution < -0.4 is 21.1 Å². The number of benzene rings is 1. The van der Waals surface area contributed by atoms with Crippen molar-refractivity contribution in [3.8, 4) is 5.75 Å². The molecule has 1 amide bonds. The maximum atomic E-state index is 12.9. The number of fused-ring (bicyclic) bond motifs is 3. The van der Waals surface area contributed by atoms with Gasteiger partial charge in [-0.3, -0.25) is 4.79 Å². The van der Waals surface area contributed by atoms with E-state index < -0.39 is 11.9 Å². The van der Waals surface area contributed by atoms with Crippen LogP contribution in [0.4, 0.5) is 5.69 Å². The van der Waals surface area contributed by atoms with Crippen molar-refractivity contribution in [1.29, 1.82) is 0 Å². The molecule has 0 saturated carbocycles. The van der Waals surface area contributed by atoms with E-state index in [1.54, 1.807) is 17.5 Å². The summed E-state index contributed by atoms with van der Waals surface area (Å²) in [6.07, 6.45) is 10.1. The van der Waals surface area contributed by atoms with E-state index in [4.69, 9.17) is 10.5 Å². The van der Waals surface area contributed by atoms with Crippen molar-refractivity contribution in [2.75, 3.05) is 18.5 Å². The predicted molar refractivity (Wildman–Crippen MR) is 126 cm³/mol. The van der Waals surface area contributed by atoms with Crippen molar-refractivity contribution in [1.82, 2.24) is 10.3 Å². The number of carboxylic acid groups (broad SMARTS) is 1. The molecule has 1 aromatic heterocycles. The Balaban J connectivity index is 1.97. The van der Waals surface area contributed by atoms with Crippen LogP contribution in [0.5, 0.6) is 5.75 Å². The number of aromatic nitrogens is 1. The number of nitrogens with zero attached hydrogens (tertiary/aromatic N) is 1. The molecule has 1 aromatic carbocycles. The van der Waals surface area contributed by atoms with Gasteiger partial charge in [-0.25, -0.2) is 9.78 Å². The molecule has 0 aliphatic carbocycles. The SMILES string of the molecule is C/C=C/C=C1\C=C(/N)NCCCCCOc2ccc(C(=O)O)cc2NC(=O)c2csc1n2. The van der Waals surface area contributed by atoms with E-state index in [1.807, 2.05) is 25.2 Å². The Bertz CT molecular complexity index is 1070. The Morgan fingerprint density at radius 2 is 2.16 bits per heavy atom. The van der Waals surface area contributed by atoms with Gasteiger partial charge in [0.05, 0.1) is 23.7 Å². The molecule has 0 fully saturated rings. The van der Waals surface area contributed by atoms with Gasteiger partial charge in [-0.2, -0.15) is 0 Å².